The molecule has 1 saturated heterocycles. The molecule has 102 valence electrons. The van der Waals surface area contributed by atoms with Crippen LogP contribution in [-0.2, 0) is 10.2 Å². The maximum Gasteiger partial charge on any atom is 0.123 e. The third-order valence-electron chi connectivity index (χ3n) is 4.31. The molecule has 1 aliphatic rings. The molecule has 1 fully saturated rings. The molecule has 0 unspecified atom stereocenters. The number of ether oxygens (including phenoxy) is 2. The van der Waals surface area contributed by atoms with E-state index in [1.165, 1.54) is 11.1 Å². The van der Waals surface area contributed by atoms with Crippen molar-refractivity contribution in [3.05, 3.63) is 28.8 Å². The van der Waals surface area contributed by atoms with Crippen molar-refractivity contribution in [3.8, 4) is 11.8 Å². The quantitative estimate of drug-likeness (QED) is 0.837. The van der Waals surface area contributed by atoms with Crippen LogP contribution >= 0.6 is 0 Å². The summed E-state index contributed by atoms with van der Waals surface area (Å²) in [7, 11) is 1.68. The Labute approximate surface area is 115 Å². The van der Waals surface area contributed by atoms with Gasteiger partial charge >= 0.3 is 0 Å². The molecule has 0 spiro atoms. The fourth-order valence-electron chi connectivity index (χ4n) is 2.93. The van der Waals surface area contributed by atoms with Crippen LogP contribution in [0.15, 0.2) is 12.1 Å². The minimum atomic E-state index is -0.488. The lowest BCUT2D eigenvalue weighted by Gasteiger charge is -2.50. The second kappa shape index (κ2) is 4.54. The number of aryl methyl sites for hydroxylation is 2. The summed E-state index contributed by atoms with van der Waals surface area (Å²) in [4.78, 5) is 0. The van der Waals surface area contributed by atoms with Crippen LogP contribution < -0.4 is 4.74 Å². The first-order chi connectivity index (χ1) is 8.88. The Hall–Kier alpha value is -1.53. The molecule has 0 aromatic heterocycles. The zero-order valence-corrected chi connectivity index (χ0v) is 12.3. The zero-order valence-electron chi connectivity index (χ0n) is 12.3. The zero-order chi connectivity index (χ0) is 14.3. The van der Waals surface area contributed by atoms with Gasteiger partial charge in [0.05, 0.1) is 37.2 Å². The molecule has 0 aliphatic carbocycles. The van der Waals surface area contributed by atoms with Gasteiger partial charge in [0.25, 0.3) is 0 Å². The molecule has 1 aliphatic heterocycles. The van der Waals surface area contributed by atoms with E-state index in [1.807, 2.05) is 19.9 Å². The molecular weight excluding hydrogens is 238 g/mol. The lowest BCUT2D eigenvalue weighted by molar-refractivity contribution is -0.104. The van der Waals surface area contributed by atoms with Gasteiger partial charge in [-0.25, -0.2) is 0 Å². The monoisotopic (exact) mass is 259 g/mol. The molecule has 0 atom stereocenters. The lowest BCUT2D eigenvalue weighted by Crippen LogP contribution is -2.56. The summed E-state index contributed by atoms with van der Waals surface area (Å²) in [5.41, 5.74) is 2.70. The van der Waals surface area contributed by atoms with E-state index >= 15 is 0 Å². The largest absolute Gasteiger partial charge is 0.496 e. The minimum Gasteiger partial charge on any atom is -0.496 e. The smallest absolute Gasteiger partial charge is 0.123 e. The van der Waals surface area contributed by atoms with Crippen molar-refractivity contribution in [1.29, 1.82) is 5.26 Å². The van der Waals surface area contributed by atoms with Gasteiger partial charge in [-0.15, -0.1) is 0 Å². The van der Waals surface area contributed by atoms with E-state index in [9.17, 15) is 5.26 Å². The minimum absolute atomic E-state index is 0.273. The highest BCUT2D eigenvalue weighted by Crippen LogP contribution is 2.51. The first-order valence-electron chi connectivity index (χ1n) is 6.53. The lowest BCUT2D eigenvalue weighted by atomic mass is 9.60. The van der Waals surface area contributed by atoms with Crippen molar-refractivity contribution in [3.63, 3.8) is 0 Å². The second-order valence-electron chi connectivity index (χ2n) is 5.97. The standard InChI is InChI=1S/C16H21NO2/c1-11-6-12(2)14(13(7-11)18-5)16(9-19-10-16)15(3,4)8-17/h6-7H,9-10H2,1-5H3. The molecule has 0 N–H and O–H groups in total. The number of nitriles is 1. The van der Waals surface area contributed by atoms with Crippen molar-refractivity contribution in [2.45, 2.75) is 33.1 Å². The third-order valence-corrected chi connectivity index (χ3v) is 4.31. The Bertz CT molecular complexity index is 536. The van der Waals surface area contributed by atoms with Gasteiger partial charge in [-0.05, 0) is 44.9 Å². The van der Waals surface area contributed by atoms with Crippen LogP contribution in [0.3, 0.4) is 0 Å². The SMILES string of the molecule is COc1cc(C)cc(C)c1C1(C(C)(C)C#N)COC1. The highest BCUT2D eigenvalue weighted by molar-refractivity contribution is 5.51. The van der Waals surface area contributed by atoms with Crippen molar-refractivity contribution in [2.24, 2.45) is 5.41 Å². The van der Waals surface area contributed by atoms with Gasteiger partial charge in [0.15, 0.2) is 0 Å². The Morgan fingerprint density at radius 3 is 2.37 bits per heavy atom. The maximum absolute atomic E-state index is 9.52. The maximum atomic E-state index is 9.52. The van der Waals surface area contributed by atoms with Crippen molar-refractivity contribution in [2.75, 3.05) is 20.3 Å². The Morgan fingerprint density at radius 2 is 1.95 bits per heavy atom. The molecule has 3 nitrogen and oxygen atoms in total. The molecule has 1 heterocycles. The van der Waals surface area contributed by atoms with Gasteiger partial charge < -0.3 is 9.47 Å². The predicted molar refractivity (Wildman–Crippen MR) is 74.4 cm³/mol. The van der Waals surface area contributed by atoms with Crippen LogP contribution in [0.5, 0.6) is 5.75 Å². The van der Waals surface area contributed by atoms with E-state index in [1.54, 1.807) is 7.11 Å². The van der Waals surface area contributed by atoms with Gasteiger partial charge in [-0.1, -0.05) is 6.07 Å². The summed E-state index contributed by atoms with van der Waals surface area (Å²) < 4.78 is 11.0. The average molecular weight is 259 g/mol. The molecule has 0 radical (unpaired) electrons. The normalized spacial score (nSPS) is 17.5. The topological polar surface area (TPSA) is 42.2 Å². The Kier molecular flexibility index (Phi) is 3.32. The van der Waals surface area contributed by atoms with E-state index < -0.39 is 5.41 Å². The molecule has 0 saturated carbocycles. The first kappa shape index (κ1) is 13.9. The van der Waals surface area contributed by atoms with E-state index in [2.05, 4.69) is 26.0 Å². The van der Waals surface area contributed by atoms with Crippen LogP contribution in [0, 0.1) is 30.6 Å². The van der Waals surface area contributed by atoms with Crippen molar-refractivity contribution >= 4 is 0 Å². The Morgan fingerprint density at radius 1 is 1.32 bits per heavy atom. The molecule has 0 bridgehead atoms. The highest BCUT2D eigenvalue weighted by Gasteiger charge is 2.54. The molecule has 2 rings (SSSR count). The number of benzene rings is 1. The number of rotatable bonds is 3. The van der Waals surface area contributed by atoms with Gasteiger partial charge in [-0.3, -0.25) is 0 Å². The fourth-order valence-corrected chi connectivity index (χ4v) is 2.93. The summed E-state index contributed by atoms with van der Waals surface area (Å²) in [5, 5.41) is 9.52. The van der Waals surface area contributed by atoms with Gasteiger partial charge in [0, 0.05) is 5.56 Å². The molecular formula is C16H21NO2. The molecule has 0 amide bonds. The number of nitrogens with zero attached hydrogens (tertiary/aromatic N) is 1. The fraction of sp³-hybridized carbons (Fsp3) is 0.562. The van der Waals surface area contributed by atoms with Gasteiger partial charge in [-0.2, -0.15) is 5.26 Å². The summed E-state index contributed by atoms with van der Waals surface area (Å²) in [6.07, 6.45) is 0. The highest BCUT2D eigenvalue weighted by atomic mass is 16.5. The van der Waals surface area contributed by atoms with E-state index in [0.717, 1.165) is 11.3 Å². The number of hydrogen-bond acceptors (Lipinski definition) is 3. The molecule has 19 heavy (non-hydrogen) atoms. The van der Waals surface area contributed by atoms with Crippen molar-refractivity contribution < 1.29 is 9.47 Å². The van der Waals surface area contributed by atoms with Crippen LogP contribution in [0.25, 0.3) is 0 Å². The summed E-state index contributed by atoms with van der Waals surface area (Å²) >= 11 is 0. The molecule has 1 aromatic rings. The van der Waals surface area contributed by atoms with Crippen LogP contribution in [0.1, 0.15) is 30.5 Å². The average Bonchev–Trinajstić information content (AvgIpc) is 2.29. The number of methoxy groups -OCH3 is 1. The van der Waals surface area contributed by atoms with Crippen LogP contribution in [0.4, 0.5) is 0 Å². The van der Waals surface area contributed by atoms with Gasteiger partial charge in [0.2, 0.25) is 0 Å². The Balaban J connectivity index is 2.67. The number of hydrogen-bond donors (Lipinski definition) is 0. The molecule has 1 aromatic carbocycles. The van der Waals surface area contributed by atoms with E-state index in [4.69, 9.17) is 9.47 Å². The first-order valence-corrected chi connectivity index (χ1v) is 6.53. The molecule has 3 heteroatoms. The van der Waals surface area contributed by atoms with E-state index in [0.29, 0.717) is 13.2 Å². The third kappa shape index (κ3) is 1.91. The van der Waals surface area contributed by atoms with E-state index in [-0.39, 0.29) is 5.41 Å². The van der Waals surface area contributed by atoms with Crippen LogP contribution in [-0.4, -0.2) is 20.3 Å². The summed E-state index contributed by atoms with van der Waals surface area (Å²) in [6.45, 7) is 9.25. The van der Waals surface area contributed by atoms with Crippen LogP contribution in [0.2, 0.25) is 0 Å². The predicted octanol–water partition coefficient (Wildman–Crippen LogP) is 3.13. The summed E-state index contributed by atoms with van der Waals surface area (Å²) in [5.74, 6) is 0.865. The van der Waals surface area contributed by atoms with Gasteiger partial charge in [0.1, 0.15) is 5.75 Å². The summed E-state index contributed by atoms with van der Waals surface area (Å²) in [6, 6.07) is 6.62. The second-order valence-corrected chi connectivity index (χ2v) is 5.97. The van der Waals surface area contributed by atoms with Crippen molar-refractivity contribution in [1.82, 2.24) is 0 Å².